The molecule has 2 aromatic heterocycles. The average molecular weight is 666 g/mol. The van der Waals surface area contributed by atoms with E-state index in [4.69, 9.17) is 61.8 Å². The van der Waals surface area contributed by atoms with Crippen LogP contribution >= 0.6 is 23.2 Å². The van der Waals surface area contributed by atoms with Gasteiger partial charge in [-0.25, -0.2) is 9.13 Å². The number of pyridine rings is 2. The molecule has 0 aromatic carbocycles. The summed E-state index contributed by atoms with van der Waals surface area (Å²) in [4.78, 5) is 0. The smallest absolute Gasteiger partial charge is 0.172 e. The highest BCUT2D eigenvalue weighted by atomic mass is 35.5. The number of ether oxygens (including phenoxy) is 6. The Hall–Kier alpha value is -1.44. The Kier molecular flexibility index (Phi) is 29.1. The van der Waals surface area contributed by atoms with E-state index in [9.17, 15) is 0 Å². The zero-order valence-electron chi connectivity index (χ0n) is 26.2. The van der Waals surface area contributed by atoms with Crippen molar-refractivity contribution in [2.45, 2.75) is 38.8 Å². The standard InChI is InChI=1S/C24H38N2O5.C8H16Cl2O3/c27-13-3-7-23-5-1-9-25(21-23)11-15-29-17-19-31-20-18-30-16-12-26-10-2-6-24(22-26)8-4-14-28;9-1-3-11-5-7-13-8-6-12-4-2-10/h1-2,5-6,9-10,21-22,27-28H,3-4,7-8,11-20H2;1-8H2/q+2;. The lowest BCUT2D eigenvalue weighted by Gasteiger charge is -2.06. The molecule has 252 valence electrons. The molecule has 0 unspecified atom stereocenters. The average Bonchev–Trinajstić information content (AvgIpc) is 3.05. The van der Waals surface area contributed by atoms with E-state index >= 15 is 0 Å². The van der Waals surface area contributed by atoms with Crippen LogP contribution in [0.2, 0.25) is 0 Å². The predicted molar refractivity (Wildman–Crippen MR) is 170 cm³/mol. The number of aliphatic hydroxyl groups excluding tert-OH is 2. The number of hydrogen-bond acceptors (Lipinski definition) is 8. The summed E-state index contributed by atoms with van der Waals surface area (Å²) < 4.78 is 36.4. The Balaban J connectivity index is 0.000000627. The Morgan fingerprint density at radius 2 is 0.841 bits per heavy atom. The number of rotatable bonds is 28. The van der Waals surface area contributed by atoms with Crippen LogP contribution in [0.25, 0.3) is 0 Å². The first-order valence-corrected chi connectivity index (χ1v) is 16.6. The van der Waals surface area contributed by atoms with E-state index in [2.05, 4.69) is 33.7 Å². The van der Waals surface area contributed by atoms with E-state index in [-0.39, 0.29) is 13.2 Å². The summed E-state index contributed by atoms with van der Waals surface area (Å²) in [5.74, 6) is 1.05. The van der Waals surface area contributed by atoms with Crippen molar-refractivity contribution in [1.82, 2.24) is 0 Å². The van der Waals surface area contributed by atoms with Gasteiger partial charge in [0.25, 0.3) is 0 Å². The number of hydrogen-bond donors (Lipinski definition) is 2. The van der Waals surface area contributed by atoms with Gasteiger partial charge >= 0.3 is 0 Å². The molecule has 0 amide bonds. The molecule has 10 nitrogen and oxygen atoms in total. The molecule has 0 atom stereocenters. The van der Waals surface area contributed by atoms with Crippen LogP contribution < -0.4 is 9.13 Å². The predicted octanol–water partition coefficient (Wildman–Crippen LogP) is 2.38. The Bertz CT molecular complexity index is 831. The van der Waals surface area contributed by atoms with Crippen LogP contribution in [-0.2, 0) is 54.4 Å². The van der Waals surface area contributed by atoms with Crippen LogP contribution in [0.3, 0.4) is 0 Å². The van der Waals surface area contributed by atoms with Gasteiger partial charge in [-0.1, -0.05) is 0 Å². The molecular formula is C32H54Cl2N2O8+2. The maximum Gasteiger partial charge on any atom is 0.172 e. The molecule has 0 radical (unpaired) electrons. The second-order valence-corrected chi connectivity index (χ2v) is 10.4. The topological polar surface area (TPSA) is 104 Å². The zero-order chi connectivity index (χ0) is 31.8. The first-order chi connectivity index (χ1) is 21.7. The SMILES string of the molecule is ClCCOCCOCCOCCCl.OCCCc1ccc[n+](CCOCCOCCOCC[n+]2cccc(CCCO)c2)c1. The molecule has 0 aliphatic rings. The molecule has 0 saturated heterocycles. The van der Waals surface area contributed by atoms with Crippen molar-refractivity contribution < 1.29 is 47.8 Å². The number of aliphatic hydroxyl groups is 2. The minimum Gasteiger partial charge on any atom is -0.396 e. The summed E-state index contributed by atoms with van der Waals surface area (Å²) in [6, 6.07) is 8.22. The molecule has 2 rings (SSSR count). The van der Waals surface area contributed by atoms with Gasteiger partial charge in [0.1, 0.15) is 13.2 Å². The van der Waals surface area contributed by atoms with Crippen molar-refractivity contribution in [3.05, 3.63) is 60.2 Å². The van der Waals surface area contributed by atoms with Crippen LogP contribution in [0.5, 0.6) is 0 Å². The van der Waals surface area contributed by atoms with E-state index in [0.717, 1.165) is 38.8 Å². The number of nitrogens with zero attached hydrogens (tertiary/aromatic N) is 2. The zero-order valence-corrected chi connectivity index (χ0v) is 27.7. The minimum atomic E-state index is 0.224. The summed E-state index contributed by atoms with van der Waals surface area (Å²) >= 11 is 10.8. The fraction of sp³-hybridized carbons (Fsp3) is 0.688. The summed E-state index contributed by atoms with van der Waals surface area (Å²) in [5, 5.41) is 17.9. The largest absolute Gasteiger partial charge is 0.396 e. The molecule has 0 saturated carbocycles. The number of halogens is 2. The fourth-order valence-electron chi connectivity index (χ4n) is 3.83. The number of alkyl halides is 2. The van der Waals surface area contributed by atoms with Crippen LogP contribution in [0.15, 0.2) is 49.1 Å². The van der Waals surface area contributed by atoms with Gasteiger partial charge < -0.3 is 38.6 Å². The van der Waals surface area contributed by atoms with Gasteiger partial charge in [-0.3, -0.25) is 0 Å². The van der Waals surface area contributed by atoms with Gasteiger partial charge in [-0.2, -0.15) is 0 Å². The normalized spacial score (nSPS) is 11.0. The third-order valence-corrected chi connectivity index (χ3v) is 6.31. The molecule has 0 spiro atoms. The van der Waals surface area contributed by atoms with Gasteiger partial charge in [0.2, 0.25) is 0 Å². The molecule has 12 heteroatoms. The van der Waals surface area contributed by atoms with E-state index in [1.165, 1.54) is 11.1 Å². The van der Waals surface area contributed by atoms with Crippen LogP contribution in [0, 0.1) is 0 Å². The molecule has 2 N–H and O–H groups in total. The van der Waals surface area contributed by atoms with Gasteiger partial charge in [-0.15, -0.1) is 23.2 Å². The molecule has 0 aliphatic carbocycles. The Morgan fingerprint density at radius 3 is 1.18 bits per heavy atom. The molecular weight excluding hydrogens is 611 g/mol. The quantitative estimate of drug-likeness (QED) is 0.0812. The lowest BCUT2D eigenvalue weighted by molar-refractivity contribution is -0.698. The van der Waals surface area contributed by atoms with Crippen LogP contribution in [-0.4, -0.2) is 114 Å². The molecule has 44 heavy (non-hydrogen) atoms. The maximum absolute atomic E-state index is 8.93. The second-order valence-electron chi connectivity index (χ2n) is 9.61. The van der Waals surface area contributed by atoms with Crippen molar-refractivity contribution >= 4 is 23.2 Å². The van der Waals surface area contributed by atoms with E-state index in [1.54, 1.807) is 0 Å². The van der Waals surface area contributed by atoms with Crippen LogP contribution in [0.4, 0.5) is 0 Å². The van der Waals surface area contributed by atoms with E-state index < -0.39 is 0 Å². The third kappa shape index (κ3) is 24.8. The summed E-state index contributed by atoms with van der Waals surface area (Å²) in [6.07, 6.45) is 11.6. The van der Waals surface area contributed by atoms with Gasteiger partial charge in [-0.05, 0) is 37.8 Å². The summed E-state index contributed by atoms with van der Waals surface area (Å²) in [6.45, 7) is 9.09. The number of aryl methyl sites for hydroxylation is 2. The highest BCUT2D eigenvalue weighted by molar-refractivity contribution is 6.18. The highest BCUT2D eigenvalue weighted by Gasteiger charge is 2.04. The Labute approximate surface area is 273 Å². The number of aromatic nitrogens is 2. The van der Waals surface area contributed by atoms with Gasteiger partial charge in [0.15, 0.2) is 37.9 Å². The van der Waals surface area contributed by atoms with Crippen molar-refractivity contribution in [3.63, 3.8) is 0 Å². The first-order valence-electron chi connectivity index (χ1n) is 15.5. The minimum absolute atomic E-state index is 0.224. The van der Waals surface area contributed by atoms with Gasteiger partial charge in [0.05, 0.1) is 66.1 Å². The van der Waals surface area contributed by atoms with Crippen molar-refractivity contribution in [3.8, 4) is 0 Å². The lowest BCUT2D eigenvalue weighted by Crippen LogP contribution is -2.36. The Morgan fingerprint density at radius 1 is 0.500 bits per heavy atom. The van der Waals surface area contributed by atoms with E-state index in [1.807, 2.05) is 24.5 Å². The van der Waals surface area contributed by atoms with Crippen molar-refractivity contribution in [2.24, 2.45) is 0 Å². The monoisotopic (exact) mass is 664 g/mol. The second kappa shape index (κ2) is 31.5. The summed E-state index contributed by atoms with van der Waals surface area (Å²) in [5.41, 5.74) is 2.46. The van der Waals surface area contributed by atoms with Crippen molar-refractivity contribution in [2.75, 3.05) is 104 Å². The molecule has 0 fully saturated rings. The maximum atomic E-state index is 8.93. The molecule has 0 aliphatic heterocycles. The third-order valence-electron chi connectivity index (χ3n) is 6.00. The molecule has 0 bridgehead atoms. The first kappa shape index (κ1) is 40.6. The van der Waals surface area contributed by atoms with Crippen LogP contribution in [0.1, 0.15) is 24.0 Å². The molecule has 2 heterocycles. The van der Waals surface area contributed by atoms with Crippen molar-refractivity contribution in [1.29, 1.82) is 0 Å². The lowest BCUT2D eigenvalue weighted by atomic mass is 10.2. The highest BCUT2D eigenvalue weighted by Crippen LogP contribution is 1.99. The summed E-state index contributed by atoms with van der Waals surface area (Å²) in [7, 11) is 0. The van der Waals surface area contributed by atoms with E-state index in [0.29, 0.717) is 91.0 Å². The molecule has 2 aromatic rings. The van der Waals surface area contributed by atoms with Gasteiger partial charge in [0, 0.05) is 48.2 Å². The fourth-order valence-corrected chi connectivity index (χ4v) is 4.04.